The molecule has 20 heavy (non-hydrogen) atoms. The molecule has 1 aromatic heterocycles. The van der Waals surface area contributed by atoms with Crippen LogP contribution in [0, 0.1) is 19.7 Å². The first-order chi connectivity index (χ1) is 9.22. The van der Waals surface area contributed by atoms with Gasteiger partial charge in [0.1, 0.15) is 10.7 Å². The fourth-order valence-electron chi connectivity index (χ4n) is 1.80. The van der Waals surface area contributed by atoms with Crippen molar-refractivity contribution in [2.75, 3.05) is 4.72 Å². The van der Waals surface area contributed by atoms with Crippen molar-refractivity contribution in [3.05, 3.63) is 40.4 Å². The van der Waals surface area contributed by atoms with Gasteiger partial charge in [-0.2, -0.15) is 5.10 Å². The van der Waals surface area contributed by atoms with E-state index in [1.54, 1.807) is 25.6 Å². The average Bonchev–Trinajstić information content (AvgIpc) is 2.55. The highest BCUT2D eigenvalue weighted by molar-refractivity contribution is 7.92. The summed E-state index contributed by atoms with van der Waals surface area (Å²) in [6.07, 6.45) is 0. The number of nitrogens with one attached hydrogen (secondary N) is 1. The number of aromatic nitrogens is 2. The van der Waals surface area contributed by atoms with E-state index in [4.69, 9.17) is 11.6 Å². The number of hydrogen-bond donors (Lipinski definition) is 1. The summed E-state index contributed by atoms with van der Waals surface area (Å²) in [5.74, 6) is -0.899. The molecule has 0 aliphatic rings. The molecule has 0 amide bonds. The van der Waals surface area contributed by atoms with Crippen LogP contribution in [0.4, 0.5) is 10.1 Å². The van der Waals surface area contributed by atoms with Crippen LogP contribution in [0.2, 0.25) is 5.02 Å². The van der Waals surface area contributed by atoms with Crippen LogP contribution >= 0.6 is 11.6 Å². The normalized spacial score (nSPS) is 11.7. The Bertz CT molecular complexity index is 771. The summed E-state index contributed by atoms with van der Waals surface area (Å²) in [5, 5.41) is 4.23. The molecule has 0 aliphatic heterocycles. The lowest BCUT2D eigenvalue weighted by Gasteiger charge is -2.09. The fourth-order valence-corrected chi connectivity index (χ4v) is 3.20. The number of halogens is 2. The van der Waals surface area contributed by atoms with E-state index in [0.29, 0.717) is 17.1 Å². The summed E-state index contributed by atoms with van der Waals surface area (Å²) >= 11 is 5.61. The highest BCUT2D eigenvalue weighted by Crippen LogP contribution is 2.25. The molecule has 1 aromatic carbocycles. The van der Waals surface area contributed by atoms with Crippen molar-refractivity contribution in [3.63, 3.8) is 0 Å². The summed E-state index contributed by atoms with van der Waals surface area (Å²) < 4.78 is 42.1. The molecule has 0 saturated heterocycles. The maximum Gasteiger partial charge on any atom is 0.264 e. The summed E-state index contributed by atoms with van der Waals surface area (Å²) in [7, 11) is -2.33. The van der Waals surface area contributed by atoms with Gasteiger partial charge < -0.3 is 0 Å². The van der Waals surface area contributed by atoms with Gasteiger partial charge in [0.25, 0.3) is 10.0 Å². The van der Waals surface area contributed by atoms with Crippen molar-refractivity contribution in [1.82, 2.24) is 9.78 Å². The Hall–Kier alpha value is -1.60. The van der Waals surface area contributed by atoms with Gasteiger partial charge in [0.05, 0.1) is 17.1 Å². The van der Waals surface area contributed by atoms with E-state index in [9.17, 15) is 12.8 Å². The van der Waals surface area contributed by atoms with E-state index >= 15 is 0 Å². The van der Waals surface area contributed by atoms with Gasteiger partial charge >= 0.3 is 0 Å². The van der Waals surface area contributed by atoms with Crippen LogP contribution in [-0.2, 0) is 17.1 Å². The zero-order valence-electron chi connectivity index (χ0n) is 11.1. The molecule has 0 bridgehead atoms. The van der Waals surface area contributed by atoms with E-state index < -0.39 is 20.7 Å². The minimum Gasteiger partial charge on any atom is -0.276 e. The highest BCUT2D eigenvalue weighted by atomic mass is 35.5. The lowest BCUT2D eigenvalue weighted by Crippen LogP contribution is -2.15. The molecular formula is C12H13ClFN3O2S. The number of benzene rings is 1. The maximum atomic E-state index is 13.7. The maximum absolute atomic E-state index is 13.7. The predicted octanol–water partition coefficient (Wildman–Crippen LogP) is 2.63. The SMILES string of the molecule is Cc1nn(C)c(C)c1NS(=O)(=O)c1ccc(Cl)cc1F. The first kappa shape index (κ1) is 14.8. The van der Waals surface area contributed by atoms with Gasteiger partial charge in [-0.25, -0.2) is 12.8 Å². The van der Waals surface area contributed by atoms with Crippen molar-refractivity contribution in [3.8, 4) is 0 Å². The predicted molar refractivity (Wildman–Crippen MR) is 74.9 cm³/mol. The zero-order valence-corrected chi connectivity index (χ0v) is 12.7. The number of sulfonamides is 1. The standard InChI is InChI=1S/C12H13ClFN3O2S/c1-7-12(8(2)17(3)15-7)16-20(18,19)11-5-4-9(13)6-10(11)14/h4-6,16H,1-3H3. The van der Waals surface area contributed by atoms with Crippen LogP contribution in [0.5, 0.6) is 0 Å². The van der Waals surface area contributed by atoms with Gasteiger partial charge in [-0.1, -0.05) is 11.6 Å². The smallest absolute Gasteiger partial charge is 0.264 e. The minimum atomic E-state index is -4.03. The second-order valence-electron chi connectivity index (χ2n) is 4.35. The molecule has 0 atom stereocenters. The van der Waals surface area contributed by atoms with Crippen LogP contribution in [0.1, 0.15) is 11.4 Å². The van der Waals surface area contributed by atoms with Crippen LogP contribution in [-0.4, -0.2) is 18.2 Å². The second kappa shape index (κ2) is 5.06. The molecule has 1 heterocycles. The van der Waals surface area contributed by atoms with E-state index in [0.717, 1.165) is 12.1 Å². The molecule has 8 heteroatoms. The number of aryl methyl sites for hydroxylation is 2. The van der Waals surface area contributed by atoms with Gasteiger partial charge in [0.15, 0.2) is 0 Å². The summed E-state index contributed by atoms with van der Waals surface area (Å²) in [6.45, 7) is 3.39. The summed E-state index contributed by atoms with van der Waals surface area (Å²) in [4.78, 5) is -0.454. The Morgan fingerprint density at radius 1 is 1.35 bits per heavy atom. The molecule has 0 radical (unpaired) electrons. The van der Waals surface area contributed by atoms with Crippen LogP contribution in [0.15, 0.2) is 23.1 Å². The number of rotatable bonds is 3. The monoisotopic (exact) mass is 317 g/mol. The molecule has 108 valence electrons. The first-order valence-electron chi connectivity index (χ1n) is 5.70. The second-order valence-corrected chi connectivity index (χ2v) is 6.44. The molecule has 1 N–H and O–H groups in total. The summed E-state index contributed by atoms with van der Waals surface area (Å²) in [6, 6.07) is 3.41. The quantitative estimate of drug-likeness (QED) is 0.946. The Kier molecular flexibility index (Phi) is 3.75. The van der Waals surface area contributed by atoms with Crippen molar-refractivity contribution in [1.29, 1.82) is 0 Å². The number of hydrogen-bond acceptors (Lipinski definition) is 3. The van der Waals surface area contributed by atoms with Crippen LogP contribution in [0.25, 0.3) is 0 Å². The Morgan fingerprint density at radius 3 is 2.50 bits per heavy atom. The van der Waals surface area contributed by atoms with E-state index in [1.807, 2.05) is 0 Å². The first-order valence-corrected chi connectivity index (χ1v) is 7.56. The van der Waals surface area contributed by atoms with Gasteiger partial charge in [0, 0.05) is 12.1 Å². The minimum absolute atomic E-state index is 0.134. The zero-order chi connectivity index (χ0) is 15.1. The molecule has 2 rings (SSSR count). The Balaban J connectivity index is 2.46. The van der Waals surface area contributed by atoms with Gasteiger partial charge in [-0.05, 0) is 32.0 Å². The lowest BCUT2D eigenvalue weighted by atomic mass is 10.3. The van der Waals surface area contributed by atoms with Crippen molar-refractivity contribution in [2.45, 2.75) is 18.7 Å². The van der Waals surface area contributed by atoms with Crippen LogP contribution in [0.3, 0.4) is 0 Å². The molecule has 0 aliphatic carbocycles. The van der Waals surface area contributed by atoms with E-state index in [-0.39, 0.29) is 5.02 Å². The average molecular weight is 318 g/mol. The van der Waals surface area contributed by atoms with Crippen molar-refractivity contribution < 1.29 is 12.8 Å². The third-order valence-electron chi connectivity index (χ3n) is 2.93. The topological polar surface area (TPSA) is 64.0 Å². The largest absolute Gasteiger partial charge is 0.276 e. The third-order valence-corrected chi connectivity index (χ3v) is 4.55. The highest BCUT2D eigenvalue weighted by Gasteiger charge is 2.22. The number of anilines is 1. The third kappa shape index (κ3) is 2.64. The summed E-state index contributed by atoms with van der Waals surface area (Å²) in [5.41, 5.74) is 1.50. The molecule has 0 spiro atoms. The van der Waals surface area contributed by atoms with Gasteiger partial charge in [-0.3, -0.25) is 9.40 Å². The van der Waals surface area contributed by atoms with E-state index in [2.05, 4.69) is 9.82 Å². The van der Waals surface area contributed by atoms with E-state index in [1.165, 1.54) is 6.07 Å². The molecule has 0 fully saturated rings. The molecule has 5 nitrogen and oxygen atoms in total. The molecule has 2 aromatic rings. The molecule has 0 unspecified atom stereocenters. The molecular weight excluding hydrogens is 305 g/mol. The number of nitrogens with zero attached hydrogens (tertiary/aromatic N) is 2. The van der Waals surface area contributed by atoms with Crippen molar-refractivity contribution >= 4 is 27.3 Å². The molecule has 0 saturated carbocycles. The lowest BCUT2D eigenvalue weighted by molar-refractivity contribution is 0.570. The van der Waals surface area contributed by atoms with Gasteiger partial charge in [-0.15, -0.1) is 0 Å². The van der Waals surface area contributed by atoms with Gasteiger partial charge in [0.2, 0.25) is 0 Å². The Morgan fingerprint density at radius 2 is 2.00 bits per heavy atom. The fraction of sp³-hybridized carbons (Fsp3) is 0.250. The van der Waals surface area contributed by atoms with Crippen LogP contribution < -0.4 is 4.72 Å². The Labute approximate surface area is 121 Å². The van der Waals surface area contributed by atoms with Crippen molar-refractivity contribution in [2.24, 2.45) is 7.05 Å².